The van der Waals surface area contributed by atoms with E-state index in [9.17, 15) is 19.8 Å². The normalized spacial score (nSPS) is 12.8. The van der Waals surface area contributed by atoms with Crippen molar-refractivity contribution in [1.82, 2.24) is 5.32 Å². The summed E-state index contributed by atoms with van der Waals surface area (Å²) in [6, 6.07) is 5.15. The number of carbonyl (C=O) groups is 2. The smallest absolute Gasteiger partial charge is 0.326 e. The van der Waals surface area contributed by atoms with Gasteiger partial charge in [-0.2, -0.15) is 0 Å². The Morgan fingerprint density at radius 1 is 1.30 bits per heavy atom. The average Bonchev–Trinajstić information content (AvgIpc) is 2.40. The Balaban J connectivity index is 2.78. The highest BCUT2D eigenvalue weighted by atomic mass is 16.4. The lowest BCUT2D eigenvalue weighted by molar-refractivity contribution is -0.143. The lowest BCUT2D eigenvalue weighted by Gasteiger charge is -2.24. The molecular formula is C14H20N2O4. The second kappa shape index (κ2) is 6.38. The van der Waals surface area contributed by atoms with Crippen molar-refractivity contribution in [3.05, 3.63) is 29.8 Å². The number of nitrogens with two attached hydrogens (primary N) is 1. The highest BCUT2D eigenvalue weighted by molar-refractivity contribution is 5.87. The van der Waals surface area contributed by atoms with Gasteiger partial charge in [0.1, 0.15) is 11.8 Å². The number of nitrogens with one attached hydrogen (secondary N) is 1. The molecule has 1 aromatic carbocycles. The molecule has 0 bridgehead atoms. The number of hydrogen-bond acceptors (Lipinski definition) is 4. The van der Waals surface area contributed by atoms with Crippen LogP contribution in [0, 0.1) is 5.41 Å². The zero-order valence-corrected chi connectivity index (χ0v) is 11.6. The van der Waals surface area contributed by atoms with E-state index in [-0.39, 0.29) is 18.7 Å². The molecule has 0 heterocycles. The van der Waals surface area contributed by atoms with Gasteiger partial charge in [-0.1, -0.05) is 12.1 Å². The number of aromatic hydroxyl groups is 1. The van der Waals surface area contributed by atoms with E-state index in [0.717, 1.165) is 0 Å². The second-order valence-corrected chi connectivity index (χ2v) is 5.32. The standard InChI is InChI=1S/C14H20N2O4/c1-14(2,8-15)13(20)16-11(12(18)19)7-9-3-5-10(17)6-4-9/h3-6,11,17H,7-8,15H2,1-2H3,(H,16,20)(H,18,19). The van der Waals surface area contributed by atoms with Crippen LogP contribution in [0.3, 0.4) is 0 Å². The van der Waals surface area contributed by atoms with Crippen LogP contribution >= 0.6 is 0 Å². The first-order chi connectivity index (χ1) is 9.26. The van der Waals surface area contributed by atoms with Crippen molar-refractivity contribution in [1.29, 1.82) is 0 Å². The van der Waals surface area contributed by atoms with Crippen molar-refractivity contribution < 1.29 is 19.8 Å². The minimum absolute atomic E-state index is 0.105. The number of phenolic OH excluding ortho intramolecular Hbond substituents is 1. The minimum Gasteiger partial charge on any atom is -0.508 e. The van der Waals surface area contributed by atoms with Crippen molar-refractivity contribution in [3.63, 3.8) is 0 Å². The van der Waals surface area contributed by atoms with Crippen molar-refractivity contribution in [2.24, 2.45) is 11.1 Å². The van der Waals surface area contributed by atoms with E-state index in [2.05, 4.69) is 5.32 Å². The Morgan fingerprint density at radius 3 is 2.30 bits per heavy atom. The zero-order valence-electron chi connectivity index (χ0n) is 11.6. The van der Waals surface area contributed by atoms with Gasteiger partial charge in [-0.15, -0.1) is 0 Å². The highest BCUT2D eigenvalue weighted by Gasteiger charge is 2.30. The molecule has 0 aliphatic heterocycles. The first kappa shape index (κ1) is 16.0. The summed E-state index contributed by atoms with van der Waals surface area (Å²) < 4.78 is 0. The van der Waals surface area contributed by atoms with Gasteiger partial charge in [0, 0.05) is 13.0 Å². The van der Waals surface area contributed by atoms with Gasteiger partial charge < -0.3 is 21.3 Å². The molecule has 0 fully saturated rings. The van der Waals surface area contributed by atoms with Gasteiger partial charge in [-0.25, -0.2) is 4.79 Å². The van der Waals surface area contributed by atoms with E-state index in [1.807, 2.05) is 0 Å². The third-order valence-corrected chi connectivity index (χ3v) is 3.10. The van der Waals surface area contributed by atoms with Gasteiger partial charge in [0.15, 0.2) is 0 Å². The van der Waals surface area contributed by atoms with Gasteiger partial charge in [-0.05, 0) is 31.5 Å². The monoisotopic (exact) mass is 280 g/mol. The lowest BCUT2D eigenvalue weighted by atomic mass is 9.92. The number of carboxylic acid groups (broad SMARTS) is 1. The maximum Gasteiger partial charge on any atom is 0.326 e. The SMILES string of the molecule is CC(C)(CN)C(=O)NC(Cc1ccc(O)cc1)C(=O)O. The van der Waals surface area contributed by atoms with Crippen LogP contribution in [0.4, 0.5) is 0 Å². The predicted octanol–water partition coefficient (Wildman–Crippen LogP) is 0.489. The van der Waals surface area contributed by atoms with Crippen molar-refractivity contribution in [3.8, 4) is 5.75 Å². The molecule has 0 aliphatic rings. The van der Waals surface area contributed by atoms with Crippen molar-refractivity contribution in [2.45, 2.75) is 26.3 Å². The van der Waals surface area contributed by atoms with E-state index >= 15 is 0 Å². The fraction of sp³-hybridized carbons (Fsp3) is 0.429. The van der Waals surface area contributed by atoms with E-state index in [0.29, 0.717) is 5.56 Å². The summed E-state index contributed by atoms with van der Waals surface area (Å²) in [5, 5.41) is 20.9. The number of amides is 1. The summed E-state index contributed by atoms with van der Waals surface area (Å²) in [5.41, 5.74) is 5.38. The molecule has 1 atom stereocenters. The van der Waals surface area contributed by atoms with E-state index in [4.69, 9.17) is 5.73 Å². The molecule has 1 rings (SSSR count). The third-order valence-electron chi connectivity index (χ3n) is 3.10. The maximum absolute atomic E-state index is 12.0. The Labute approximate surface area is 117 Å². The Kier molecular flexibility index (Phi) is 5.10. The van der Waals surface area contributed by atoms with E-state index in [1.54, 1.807) is 26.0 Å². The second-order valence-electron chi connectivity index (χ2n) is 5.32. The fourth-order valence-electron chi connectivity index (χ4n) is 1.51. The van der Waals surface area contributed by atoms with Gasteiger partial charge in [0.25, 0.3) is 0 Å². The maximum atomic E-state index is 12.0. The summed E-state index contributed by atoms with van der Waals surface area (Å²) in [6.07, 6.45) is 0.141. The topological polar surface area (TPSA) is 113 Å². The minimum atomic E-state index is -1.11. The summed E-state index contributed by atoms with van der Waals surface area (Å²) in [5.74, 6) is -1.40. The van der Waals surface area contributed by atoms with Gasteiger partial charge >= 0.3 is 5.97 Å². The van der Waals surface area contributed by atoms with Crippen LogP contribution in [0.1, 0.15) is 19.4 Å². The molecule has 6 heteroatoms. The summed E-state index contributed by atoms with van der Waals surface area (Å²) in [7, 11) is 0. The Hall–Kier alpha value is -2.08. The molecule has 0 saturated carbocycles. The molecule has 1 aromatic rings. The largest absolute Gasteiger partial charge is 0.508 e. The molecule has 110 valence electrons. The van der Waals surface area contributed by atoms with Crippen LogP contribution in [0.25, 0.3) is 0 Å². The molecule has 0 aliphatic carbocycles. The highest BCUT2D eigenvalue weighted by Crippen LogP contribution is 2.15. The number of phenols is 1. The lowest BCUT2D eigenvalue weighted by Crippen LogP contribution is -2.49. The van der Waals surface area contributed by atoms with E-state index < -0.39 is 23.3 Å². The van der Waals surface area contributed by atoms with Crippen LogP contribution in [0.15, 0.2) is 24.3 Å². The Bertz CT molecular complexity index is 482. The van der Waals surface area contributed by atoms with Crippen LogP contribution in [-0.2, 0) is 16.0 Å². The van der Waals surface area contributed by atoms with Crippen LogP contribution in [-0.4, -0.2) is 34.7 Å². The fourth-order valence-corrected chi connectivity index (χ4v) is 1.51. The molecule has 6 nitrogen and oxygen atoms in total. The number of hydrogen-bond donors (Lipinski definition) is 4. The summed E-state index contributed by atoms with van der Waals surface area (Å²) in [6.45, 7) is 3.44. The number of carbonyl (C=O) groups excluding carboxylic acids is 1. The summed E-state index contributed by atoms with van der Waals surface area (Å²) in [4.78, 5) is 23.2. The van der Waals surface area contributed by atoms with Gasteiger partial charge in [-0.3, -0.25) is 4.79 Å². The number of rotatable bonds is 6. The zero-order chi connectivity index (χ0) is 15.3. The van der Waals surface area contributed by atoms with Gasteiger partial charge in [0.05, 0.1) is 5.41 Å². The molecule has 0 spiro atoms. The third kappa shape index (κ3) is 4.24. The average molecular weight is 280 g/mol. The molecule has 5 N–H and O–H groups in total. The molecule has 0 radical (unpaired) electrons. The molecule has 1 amide bonds. The van der Waals surface area contributed by atoms with E-state index in [1.165, 1.54) is 12.1 Å². The molecule has 20 heavy (non-hydrogen) atoms. The first-order valence-electron chi connectivity index (χ1n) is 6.28. The first-order valence-corrected chi connectivity index (χ1v) is 6.28. The van der Waals surface area contributed by atoms with Gasteiger partial charge in [0.2, 0.25) is 5.91 Å². The summed E-state index contributed by atoms with van der Waals surface area (Å²) >= 11 is 0. The number of carboxylic acids is 1. The van der Waals surface area contributed by atoms with Crippen molar-refractivity contribution in [2.75, 3.05) is 6.54 Å². The molecular weight excluding hydrogens is 260 g/mol. The molecule has 1 unspecified atom stereocenters. The van der Waals surface area contributed by atoms with Crippen molar-refractivity contribution >= 4 is 11.9 Å². The van der Waals surface area contributed by atoms with Crippen LogP contribution in [0.2, 0.25) is 0 Å². The Morgan fingerprint density at radius 2 is 1.85 bits per heavy atom. The molecule has 0 saturated heterocycles. The predicted molar refractivity (Wildman–Crippen MR) is 74.2 cm³/mol. The molecule has 0 aromatic heterocycles. The number of aliphatic carboxylic acids is 1. The van der Waals surface area contributed by atoms with Crippen LogP contribution < -0.4 is 11.1 Å². The number of benzene rings is 1. The quantitative estimate of drug-likeness (QED) is 0.605. The van der Waals surface area contributed by atoms with Crippen LogP contribution in [0.5, 0.6) is 5.75 Å².